The predicted octanol–water partition coefficient (Wildman–Crippen LogP) is 3.24. The van der Waals surface area contributed by atoms with Crippen molar-refractivity contribution in [3.05, 3.63) is 93.6 Å². The summed E-state index contributed by atoms with van der Waals surface area (Å²) in [7, 11) is -4.16. The van der Waals surface area contributed by atoms with E-state index in [2.05, 4.69) is 13.2 Å². The molecular weight excluding hydrogens is 496 g/mol. The molecule has 3 aromatic carbocycles. The lowest BCUT2D eigenvalue weighted by Crippen LogP contribution is -2.35. The Morgan fingerprint density at radius 1 is 0.806 bits per heavy atom. The number of amides is 2. The summed E-state index contributed by atoms with van der Waals surface area (Å²) in [6.45, 7) is 11.7. The number of aromatic nitrogens is 1. The molecule has 182 valence electrons. The number of hydrogen-bond acceptors (Lipinski definition) is 6. The highest BCUT2D eigenvalue weighted by Gasteiger charge is 2.36. The zero-order valence-corrected chi connectivity index (χ0v) is 21.3. The first-order valence-electron chi connectivity index (χ1n) is 11.0. The molecule has 1 aromatic heterocycles. The number of carbonyl (C=O) groups excluding carboxylic acids is 2. The van der Waals surface area contributed by atoms with Gasteiger partial charge in [0.25, 0.3) is 11.8 Å². The standard InChI is InChI=1S/C27H22N2O5S2/c1-16-5-9-20(10-6-16)35-15-28-26(30)24-13-22-18(3)29(19(4)23(22)14-25(24)27(28)31)34-36(32,33)21-11-7-17(2)8-12-21/h5-14H,3-4,15H2,1-2H3. The summed E-state index contributed by atoms with van der Waals surface area (Å²) < 4.78 is 32.0. The van der Waals surface area contributed by atoms with Crippen LogP contribution in [0.25, 0.3) is 23.9 Å². The van der Waals surface area contributed by atoms with Crippen molar-refractivity contribution < 1.29 is 22.3 Å². The van der Waals surface area contributed by atoms with E-state index < -0.39 is 21.9 Å². The summed E-state index contributed by atoms with van der Waals surface area (Å²) in [5.41, 5.74) is 2.51. The third kappa shape index (κ3) is 4.00. The number of fused-ring (bicyclic) bond motifs is 2. The molecule has 0 saturated carbocycles. The molecule has 5 rings (SSSR count). The van der Waals surface area contributed by atoms with Crippen molar-refractivity contribution in [2.24, 2.45) is 0 Å². The molecule has 1 aliphatic heterocycles. The van der Waals surface area contributed by atoms with Gasteiger partial charge >= 0.3 is 10.1 Å². The number of rotatable bonds is 6. The minimum atomic E-state index is -4.16. The molecule has 0 N–H and O–H groups in total. The molecule has 7 nitrogen and oxygen atoms in total. The second-order valence-electron chi connectivity index (χ2n) is 8.60. The van der Waals surface area contributed by atoms with Crippen LogP contribution in [0.15, 0.2) is 70.5 Å². The average molecular weight is 519 g/mol. The van der Waals surface area contributed by atoms with Crippen LogP contribution >= 0.6 is 11.8 Å². The lowest BCUT2D eigenvalue weighted by Gasteiger charge is -2.13. The predicted molar refractivity (Wildman–Crippen MR) is 140 cm³/mol. The zero-order valence-electron chi connectivity index (χ0n) is 19.6. The van der Waals surface area contributed by atoms with Gasteiger partial charge in [0, 0.05) is 15.7 Å². The summed E-state index contributed by atoms with van der Waals surface area (Å²) in [6.07, 6.45) is 0. The first kappa shape index (κ1) is 23.9. The van der Waals surface area contributed by atoms with Gasteiger partial charge in [-0.1, -0.05) is 48.6 Å². The van der Waals surface area contributed by atoms with Crippen LogP contribution in [0.1, 0.15) is 31.8 Å². The zero-order chi connectivity index (χ0) is 25.8. The number of aryl methyl sites for hydroxylation is 2. The van der Waals surface area contributed by atoms with Gasteiger partial charge in [-0.15, -0.1) is 11.8 Å². The van der Waals surface area contributed by atoms with Gasteiger partial charge in [0.1, 0.15) is 4.90 Å². The van der Waals surface area contributed by atoms with Crippen LogP contribution in [0.4, 0.5) is 0 Å². The molecule has 0 saturated heterocycles. The lowest BCUT2D eigenvalue weighted by atomic mass is 10.0. The van der Waals surface area contributed by atoms with Crippen LogP contribution in [0.2, 0.25) is 0 Å². The number of carbonyl (C=O) groups is 2. The van der Waals surface area contributed by atoms with Crippen molar-refractivity contribution in [3.63, 3.8) is 0 Å². The molecular formula is C27H22N2O5S2. The van der Waals surface area contributed by atoms with Crippen molar-refractivity contribution >= 4 is 57.6 Å². The van der Waals surface area contributed by atoms with Gasteiger partial charge in [0.15, 0.2) is 0 Å². The monoisotopic (exact) mass is 518 g/mol. The van der Waals surface area contributed by atoms with Crippen LogP contribution in [-0.2, 0) is 10.1 Å². The van der Waals surface area contributed by atoms with E-state index in [9.17, 15) is 18.0 Å². The van der Waals surface area contributed by atoms with Gasteiger partial charge in [-0.05, 0) is 50.2 Å². The fourth-order valence-electron chi connectivity index (χ4n) is 4.02. The summed E-state index contributed by atoms with van der Waals surface area (Å²) in [4.78, 5) is 28.3. The maximum absolute atomic E-state index is 13.1. The topological polar surface area (TPSA) is 85.7 Å². The lowest BCUT2D eigenvalue weighted by molar-refractivity contribution is 0.0684. The van der Waals surface area contributed by atoms with E-state index in [1.165, 1.54) is 28.8 Å². The van der Waals surface area contributed by atoms with E-state index in [0.717, 1.165) is 20.8 Å². The highest BCUT2D eigenvalue weighted by atomic mass is 32.2. The third-order valence-electron chi connectivity index (χ3n) is 6.08. The average Bonchev–Trinajstić information content (AvgIpc) is 3.22. The Bertz CT molecular complexity index is 1690. The van der Waals surface area contributed by atoms with Crippen molar-refractivity contribution in [2.75, 3.05) is 5.88 Å². The molecule has 1 aliphatic rings. The number of hydrogen-bond donors (Lipinski definition) is 0. The minimum Gasteiger partial charge on any atom is -0.283 e. The second kappa shape index (κ2) is 8.69. The van der Waals surface area contributed by atoms with Crippen molar-refractivity contribution in [2.45, 2.75) is 23.6 Å². The molecule has 0 unspecified atom stereocenters. The van der Waals surface area contributed by atoms with E-state index >= 15 is 0 Å². The van der Waals surface area contributed by atoms with E-state index in [1.807, 2.05) is 38.1 Å². The Labute approximate surface area is 212 Å². The molecule has 2 heterocycles. The number of nitrogens with zero attached hydrogens (tertiary/aromatic N) is 2. The largest absolute Gasteiger partial charge is 0.357 e. The number of benzene rings is 3. The molecule has 9 heteroatoms. The first-order valence-corrected chi connectivity index (χ1v) is 13.4. The second-order valence-corrected chi connectivity index (χ2v) is 11.1. The minimum absolute atomic E-state index is 0.0146. The van der Waals surface area contributed by atoms with Gasteiger partial charge in [-0.25, -0.2) is 0 Å². The third-order valence-corrected chi connectivity index (χ3v) is 8.27. The molecule has 0 atom stereocenters. The molecule has 2 amide bonds. The fourth-order valence-corrected chi connectivity index (χ4v) is 5.80. The molecule has 0 aliphatic carbocycles. The van der Waals surface area contributed by atoms with Gasteiger partial charge < -0.3 is 0 Å². The summed E-state index contributed by atoms with van der Waals surface area (Å²) in [6, 6.07) is 17.2. The normalized spacial score (nSPS) is 13.4. The fraction of sp³-hybridized carbons (Fsp3) is 0.111. The molecule has 0 radical (unpaired) electrons. The van der Waals surface area contributed by atoms with Crippen molar-refractivity contribution in [3.8, 4) is 0 Å². The van der Waals surface area contributed by atoms with E-state index in [0.29, 0.717) is 10.8 Å². The van der Waals surface area contributed by atoms with Crippen LogP contribution in [0.5, 0.6) is 0 Å². The van der Waals surface area contributed by atoms with Gasteiger partial charge in [-0.3, -0.25) is 18.8 Å². The maximum Gasteiger partial charge on any atom is 0.357 e. The van der Waals surface area contributed by atoms with E-state index in [-0.39, 0.29) is 32.6 Å². The van der Waals surface area contributed by atoms with Gasteiger partial charge in [-0.2, -0.15) is 13.1 Å². The highest BCUT2D eigenvalue weighted by Crippen LogP contribution is 2.29. The summed E-state index contributed by atoms with van der Waals surface area (Å²) >= 11 is 1.39. The Hall–Kier alpha value is -3.82. The SMILES string of the molecule is C=c1c2cc3c(cc2c(=C)n1OS(=O)(=O)c1ccc(C)cc1)C(=O)N(CSc1ccc(C)cc1)C3=O. The maximum atomic E-state index is 13.1. The molecule has 0 spiro atoms. The molecule has 0 fully saturated rings. The number of imide groups is 1. The Balaban J connectivity index is 1.47. The quantitative estimate of drug-likeness (QED) is 0.288. The summed E-state index contributed by atoms with van der Waals surface area (Å²) in [5.74, 6) is -0.656. The molecule has 4 aromatic rings. The van der Waals surface area contributed by atoms with Crippen LogP contribution in [-0.4, -0.2) is 35.7 Å². The van der Waals surface area contributed by atoms with Crippen LogP contribution in [0, 0.1) is 13.8 Å². The van der Waals surface area contributed by atoms with Crippen molar-refractivity contribution in [1.29, 1.82) is 0 Å². The van der Waals surface area contributed by atoms with Crippen molar-refractivity contribution in [1.82, 2.24) is 9.63 Å². The Morgan fingerprint density at radius 3 is 1.78 bits per heavy atom. The molecule has 36 heavy (non-hydrogen) atoms. The van der Waals surface area contributed by atoms with E-state index in [1.54, 1.807) is 24.3 Å². The first-order chi connectivity index (χ1) is 17.1. The van der Waals surface area contributed by atoms with Crippen LogP contribution in [0.3, 0.4) is 0 Å². The highest BCUT2D eigenvalue weighted by molar-refractivity contribution is 7.99. The number of thioether (sulfide) groups is 1. The smallest absolute Gasteiger partial charge is 0.283 e. The molecule has 0 bridgehead atoms. The Morgan fingerprint density at radius 2 is 1.28 bits per heavy atom. The van der Waals surface area contributed by atoms with Gasteiger partial charge in [0.2, 0.25) is 0 Å². The van der Waals surface area contributed by atoms with E-state index in [4.69, 9.17) is 4.28 Å². The van der Waals surface area contributed by atoms with Crippen LogP contribution < -0.4 is 15.0 Å². The summed E-state index contributed by atoms with van der Waals surface area (Å²) in [5, 5.41) is 1.38. The Kier molecular flexibility index (Phi) is 5.77. The van der Waals surface area contributed by atoms with Gasteiger partial charge in [0.05, 0.1) is 27.7 Å².